The van der Waals surface area contributed by atoms with E-state index in [0.29, 0.717) is 42.2 Å². The quantitative estimate of drug-likeness (QED) is 0.626. The first kappa shape index (κ1) is 23.1. The summed E-state index contributed by atoms with van der Waals surface area (Å²) < 4.78 is 27.0. The summed E-state index contributed by atoms with van der Waals surface area (Å²) in [6.07, 6.45) is 2.06. The lowest BCUT2D eigenvalue weighted by Gasteiger charge is -2.32. The summed E-state index contributed by atoms with van der Waals surface area (Å²) in [6.45, 7) is 3.07. The van der Waals surface area contributed by atoms with E-state index in [9.17, 15) is 13.2 Å². The van der Waals surface area contributed by atoms with Crippen molar-refractivity contribution < 1.29 is 13.2 Å². The molecule has 0 aromatic heterocycles. The molecule has 1 saturated heterocycles. The van der Waals surface area contributed by atoms with Gasteiger partial charge in [0, 0.05) is 24.5 Å². The van der Waals surface area contributed by atoms with Gasteiger partial charge >= 0.3 is 0 Å². The van der Waals surface area contributed by atoms with E-state index in [1.165, 1.54) is 5.56 Å². The van der Waals surface area contributed by atoms with Gasteiger partial charge in [-0.25, -0.2) is 8.42 Å². The number of hydrogen-bond acceptors (Lipinski definition) is 4. The molecule has 1 amide bonds. The van der Waals surface area contributed by atoms with Crippen molar-refractivity contribution in [1.82, 2.24) is 4.90 Å². The van der Waals surface area contributed by atoms with Gasteiger partial charge in [-0.3, -0.25) is 9.52 Å². The molecule has 0 unspecified atom stereocenters. The van der Waals surface area contributed by atoms with Crippen molar-refractivity contribution >= 4 is 33.2 Å². The Balaban J connectivity index is 1.66. The highest BCUT2D eigenvalue weighted by molar-refractivity contribution is 7.92. The third kappa shape index (κ3) is 5.99. The Hall–Kier alpha value is -2.56. The molecule has 0 saturated carbocycles. The predicted octanol–water partition coefficient (Wildman–Crippen LogP) is 4.26. The van der Waals surface area contributed by atoms with Crippen molar-refractivity contribution in [2.75, 3.05) is 29.4 Å². The van der Waals surface area contributed by atoms with Crippen molar-refractivity contribution in [2.45, 2.75) is 32.1 Å². The lowest BCUT2D eigenvalue weighted by Crippen LogP contribution is -2.38. The molecular weight excluding hydrogens is 434 g/mol. The number of sulfonamides is 1. The summed E-state index contributed by atoms with van der Waals surface area (Å²) in [4.78, 5) is 14.8. The van der Waals surface area contributed by atoms with Crippen LogP contribution in [0.1, 0.15) is 52.2 Å². The Labute approximate surface area is 188 Å². The van der Waals surface area contributed by atoms with Gasteiger partial charge in [-0.1, -0.05) is 18.2 Å². The first-order valence-electron chi connectivity index (χ1n) is 10.3. The lowest BCUT2D eigenvalue weighted by atomic mass is 9.89. The SMILES string of the molecule is Cc1ccc(C(=O)N2CCC(c3ccc(C#N)cc3)CC2)cc1NS(=O)(=O)CCCCl. The second-order valence-corrected chi connectivity index (χ2v) is 10.0. The zero-order chi connectivity index (χ0) is 22.4. The minimum Gasteiger partial charge on any atom is -0.339 e. The zero-order valence-corrected chi connectivity index (χ0v) is 19.0. The van der Waals surface area contributed by atoms with Gasteiger partial charge in [0.25, 0.3) is 5.91 Å². The average Bonchev–Trinajstić information content (AvgIpc) is 2.79. The Morgan fingerprint density at radius 1 is 1.19 bits per heavy atom. The van der Waals surface area contributed by atoms with Gasteiger partial charge in [0.15, 0.2) is 0 Å². The van der Waals surface area contributed by atoms with Gasteiger partial charge < -0.3 is 4.90 Å². The summed E-state index contributed by atoms with van der Waals surface area (Å²) in [6, 6.07) is 14.9. The molecule has 0 atom stereocenters. The van der Waals surface area contributed by atoms with Gasteiger partial charge in [-0.05, 0) is 67.5 Å². The Morgan fingerprint density at radius 3 is 2.48 bits per heavy atom. The van der Waals surface area contributed by atoms with Crippen molar-refractivity contribution in [2.24, 2.45) is 0 Å². The van der Waals surface area contributed by atoms with Gasteiger partial charge in [0.05, 0.1) is 23.1 Å². The molecule has 1 fully saturated rings. The molecule has 6 nitrogen and oxygen atoms in total. The number of aryl methyl sites for hydroxylation is 1. The molecule has 3 rings (SSSR count). The topological polar surface area (TPSA) is 90.3 Å². The second-order valence-electron chi connectivity index (χ2n) is 7.79. The number of nitrogens with one attached hydrogen (secondary N) is 1. The molecule has 8 heteroatoms. The molecule has 1 aliphatic heterocycles. The van der Waals surface area contributed by atoms with Crippen LogP contribution < -0.4 is 4.72 Å². The molecule has 164 valence electrons. The number of carbonyl (C=O) groups excluding carboxylic acids is 1. The monoisotopic (exact) mass is 459 g/mol. The van der Waals surface area contributed by atoms with Gasteiger partial charge in [0.2, 0.25) is 10.0 Å². The van der Waals surface area contributed by atoms with Crippen molar-refractivity contribution in [3.63, 3.8) is 0 Å². The molecule has 0 bridgehead atoms. The number of nitrogens with zero attached hydrogens (tertiary/aromatic N) is 2. The van der Waals surface area contributed by atoms with Crippen molar-refractivity contribution in [1.29, 1.82) is 5.26 Å². The summed E-state index contributed by atoms with van der Waals surface area (Å²) in [7, 11) is -3.51. The number of rotatable bonds is 7. The predicted molar refractivity (Wildman–Crippen MR) is 123 cm³/mol. The largest absolute Gasteiger partial charge is 0.339 e. The third-order valence-corrected chi connectivity index (χ3v) is 7.21. The van der Waals surface area contributed by atoms with Crippen LogP contribution in [0.25, 0.3) is 0 Å². The first-order chi connectivity index (χ1) is 14.8. The number of piperidine rings is 1. The lowest BCUT2D eigenvalue weighted by molar-refractivity contribution is 0.0713. The fraction of sp³-hybridized carbons (Fsp3) is 0.391. The van der Waals surface area contributed by atoms with Crippen LogP contribution in [0.2, 0.25) is 0 Å². The van der Waals surface area contributed by atoms with Crippen LogP contribution in [0, 0.1) is 18.3 Å². The van der Waals surface area contributed by atoms with Gasteiger partial charge in [-0.2, -0.15) is 5.26 Å². The zero-order valence-electron chi connectivity index (χ0n) is 17.5. The van der Waals surface area contributed by atoms with Gasteiger partial charge in [-0.15, -0.1) is 11.6 Å². The summed E-state index contributed by atoms with van der Waals surface area (Å²) in [5, 5.41) is 8.94. The molecule has 0 spiro atoms. The van der Waals surface area contributed by atoms with E-state index in [1.807, 2.05) is 29.2 Å². The maximum Gasteiger partial charge on any atom is 0.253 e. The van der Waals surface area contributed by atoms with E-state index in [4.69, 9.17) is 16.9 Å². The highest BCUT2D eigenvalue weighted by Crippen LogP contribution is 2.29. The second kappa shape index (κ2) is 10.2. The van der Waals surface area contributed by atoms with E-state index in [-0.39, 0.29) is 17.5 Å². The van der Waals surface area contributed by atoms with E-state index < -0.39 is 10.0 Å². The van der Waals surface area contributed by atoms with Crippen LogP contribution in [0.4, 0.5) is 5.69 Å². The molecular formula is C23H26ClN3O3S. The van der Waals surface area contributed by atoms with Crippen LogP contribution in [-0.2, 0) is 10.0 Å². The molecule has 2 aromatic carbocycles. The van der Waals surface area contributed by atoms with E-state index >= 15 is 0 Å². The number of nitriles is 1. The Kier molecular flexibility index (Phi) is 7.58. The maximum absolute atomic E-state index is 13.0. The number of amides is 1. The van der Waals surface area contributed by atoms with E-state index in [0.717, 1.165) is 18.4 Å². The standard InChI is InChI=1S/C23H26ClN3O3S/c1-17-3-6-21(15-22(17)26-31(29,30)14-2-11-24)23(28)27-12-9-20(10-13-27)19-7-4-18(16-25)5-8-19/h3-8,15,20,26H,2,9-14H2,1H3. The number of alkyl halides is 1. The molecule has 1 heterocycles. The number of likely N-dealkylation sites (tertiary alicyclic amines) is 1. The van der Waals surface area contributed by atoms with Crippen LogP contribution in [0.5, 0.6) is 0 Å². The van der Waals surface area contributed by atoms with Gasteiger partial charge in [0.1, 0.15) is 0 Å². The Bertz CT molecular complexity index is 1070. The summed E-state index contributed by atoms with van der Waals surface area (Å²) in [5.41, 5.74) is 3.48. The minimum atomic E-state index is -3.51. The van der Waals surface area contributed by atoms with E-state index in [1.54, 1.807) is 25.1 Å². The number of anilines is 1. The molecule has 0 aliphatic carbocycles. The van der Waals surface area contributed by atoms with Crippen LogP contribution >= 0.6 is 11.6 Å². The smallest absolute Gasteiger partial charge is 0.253 e. The van der Waals surface area contributed by atoms with E-state index in [2.05, 4.69) is 10.8 Å². The number of benzene rings is 2. The number of halogens is 1. The van der Waals surface area contributed by atoms with Crippen molar-refractivity contribution in [3.8, 4) is 6.07 Å². The molecule has 2 aromatic rings. The fourth-order valence-electron chi connectivity index (χ4n) is 3.76. The summed E-state index contributed by atoms with van der Waals surface area (Å²) in [5.74, 6) is 0.479. The maximum atomic E-state index is 13.0. The average molecular weight is 460 g/mol. The van der Waals surface area contributed by atoms with Crippen LogP contribution in [-0.4, -0.2) is 43.9 Å². The highest BCUT2D eigenvalue weighted by atomic mass is 35.5. The molecule has 0 radical (unpaired) electrons. The third-order valence-electron chi connectivity index (χ3n) is 5.59. The molecule has 31 heavy (non-hydrogen) atoms. The Morgan fingerprint density at radius 2 is 1.87 bits per heavy atom. The number of hydrogen-bond donors (Lipinski definition) is 1. The first-order valence-corrected chi connectivity index (χ1v) is 12.5. The van der Waals surface area contributed by atoms with Crippen LogP contribution in [0.3, 0.4) is 0 Å². The van der Waals surface area contributed by atoms with Crippen molar-refractivity contribution in [3.05, 3.63) is 64.7 Å². The summed E-state index contributed by atoms with van der Waals surface area (Å²) >= 11 is 5.60. The fourth-order valence-corrected chi connectivity index (χ4v) is 5.23. The molecule has 1 N–H and O–H groups in total. The van der Waals surface area contributed by atoms with Crippen LogP contribution in [0.15, 0.2) is 42.5 Å². The minimum absolute atomic E-state index is 0.0586. The normalized spacial score (nSPS) is 14.8. The number of carbonyl (C=O) groups is 1. The molecule has 1 aliphatic rings. The highest BCUT2D eigenvalue weighted by Gasteiger charge is 2.25.